The molecule has 1 saturated heterocycles. The number of nitrogens with zero attached hydrogens (tertiary/aromatic N) is 2. The van der Waals surface area contributed by atoms with Crippen molar-refractivity contribution in [3.8, 4) is 0 Å². The molecule has 0 bridgehead atoms. The lowest BCUT2D eigenvalue weighted by atomic mass is 10.2. The lowest BCUT2D eigenvalue weighted by Crippen LogP contribution is -2.35. The van der Waals surface area contributed by atoms with Crippen LogP contribution in [0.3, 0.4) is 0 Å². The zero-order valence-electron chi connectivity index (χ0n) is 11.6. The second-order valence-corrected chi connectivity index (χ2v) is 7.05. The maximum atomic E-state index is 11.6. The minimum absolute atomic E-state index is 0.0813. The average molecular weight is 300 g/mol. The van der Waals surface area contributed by atoms with E-state index >= 15 is 0 Å². The van der Waals surface area contributed by atoms with Crippen molar-refractivity contribution >= 4 is 15.9 Å². The van der Waals surface area contributed by atoms with Crippen LogP contribution in [0, 0.1) is 6.92 Å². The normalized spacial score (nSPS) is 18.2. The van der Waals surface area contributed by atoms with E-state index in [-0.39, 0.29) is 11.7 Å². The first kappa shape index (κ1) is 15.0. The number of aryl methyl sites for hydroxylation is 2. The summed E-state index contributed by atoms with van der Waals surface area (Å²) in [5.41, 5.74) is 1.83. The maximum absolute atomic E-state index is 11.6. The second-order valence-electron chi connectivity index (χ2n) is 4.96. The minimum atomic E-state index is -3.07. The highest BCUT2D eigenvalue weighted by Gasteiger charge is 2.27. The predicted molar refractivity (Wildman–Crippen MR) is 74.6 cm³/mol. The molecule has 8 heteroatoms. The molecule has 1 aliphatic rings. The molecule has 1 amide bonds. The third-order valence-electron chi connectivity index (χ3n) is 3.25. The predicted octanol–water partition coefficient (Wildman–Crippen LogP) is -0.198. The Morgan fingerprint density at radius 3 is 2.95 bits per heavy atom. The molecular weight excluding hydrogens is 280 g/mol. The molecule has 2 rings (SSSR count). The summed E-state index contributed by atoms with van der Waals surface area (Å²) in [5, 5.41) is 9.63. The van der Waals surface area contributed by atoms with E-state index < -0.39 is 10.0 Å². The number of aromatic amines is 1. The number of carbonyl (C=O) groups is 1. The molecule has 1 aromatic heterocycles. The Labute approximate surface area is 118 Å². The number of amides is 1. The molecule has 1 aromatic rings. The first-order chi connectivity index (χ1) is 9.47. The minimum Gasteiger partial charge on any atom is -0.355 e. The quantitative estimate of drug-likeness (QED) is 0.761. The first-order valence-corrected chi connectivity index (χ1v) is 8.34. The Bertz CT molecular complexity index is 567. The zero-order chi connectivity index (χ0) is 14.6. The zero-order valence-corrected chi connectivity index (χ0v) is 12.4. The van der Waals surface area contributed by atoms with E-state index in [4.69, 9.17) is 0 Å². The van der Waals surface area contributed by atoms with Gasteiger partial charge in [0.25, 0.3) is 0 Å². The van der Waals surface area contributed by atoms with Crippen LogP contribution in [0.4, 0.5) is 0 Å². The number of rotatable bonds is 6. The fraction of sp³-hybridized carbons (Fsp3) is 0.667. The molecule has 1 fully saturated rings. The van der Waals surface area contributed by atoms with Gasteiger partial charge in [0.1, 0.15) is 0 Å². The fourth-order valence-electron chi connectivity index (χ4n) is 2.19. The highest BCUT2D eigenvalue weighted by atomic mass is 32.2. The van der Waals surface area contributed by atoms with Crippen molar-refractivity contribution < 1.29 is 13.2 Å². The van der Waals surface area contributed by atoms with Gasteiger partial charge in [0.2, 0.25) is 15.9 Å². The third kappa shape index (κ3) is 4.04. The molecule has 7 nitrogen and oxygen atoms in total. The Hall–Kier alpha value is -1.41. The molecule has 1 aliphatic heterocycles. The van der Waals surface area contributed by atoms with Crippen molar-refractivity contribution in [3.63, 3.8) is 0 Å². The van der Waals surface area contributed by atoms with Crippen LogP contribution >= 0.6 is 0 Å². The molecule has 2 heterocycles. The van der Waals surface area contributed by atoms with Gasteiger partial charge in [-0.15, -0.1) is 0 Å². The molecule has 0 aromatic carbocycles. The second kappa shape index (κ2) is 6.36. The van der Waals surface area contributed by atoms with Gasteiger partial charge in [-0.05, 0) is 19.4 Å². The average Bonchev–Trinajstić information content (AvgIpc) is 2.93. The molecule has 0 unspecified atom stereocenters. The van der Waals surface area contributed by atoms with Gasteiger partial charge >= 0.3 is 0 Å². The summed E-state index contributed by atoms with van der Waals surface area (Å²) in [7, 11) is -3.07. The van der Waals surface area contributed by atoms with Crippen LogP contribution in [-0.2, 0) is 21.2 Å². The van der Waals surface area contributed by atoms with Crippen molar-refractivity contribution in [2.75, 3.05) is 25.4 Å². The summed E-state index contributed by atoms with van der Waals surface area (Å²) in [6.07, 6.45) is 1.62. The summed E-state index contributed by atoms with van der Waals surface area (Å²) >= 11 is 0. The van der Waals surface area contributed by atoms with Crippen LogP contribution in [-0.4, -0.2) is 54.2 Å². The van der Waals surface area contributed by atoms with Gasteiger partial charge in [0.15, 0.2) is 0 Å². The van der Waals surface area contributed by atoms with Crippen LogP contribution in [0.2, 0.25) is 0 Å². The molecule has 2 N–H and O–H groups in total. The van der Waals surface area contributed by atoms with Crippen molar-refractivity contribution in [2.45, 2.75) is 26.2 Å². The molecule has 0 spiro atoms. The van der Waals surface area contributed by atoms with E-state index in [1.54, 1.807) is 0 Å². The van der Waals surface area contributed by atoms with E-state index in [0.29, 0.717) is 38.9 Å². The number of aromatic nitrogens is 2. The molecule has 0 saturated carbocycles. The molecule has 0 radical (unpaired) electrons. The largest absolute Gasteiger partial charge is 0.355 e. The Balaban J connectivity index is 1.65. The third-order valence-corrected chi connectivity index (χ3v) is 5.21. The van der Waals surface area contributed by atoms with Crippen LogP contribution in [0.5, 0.6) is 0 Å². The number of hydrogen-bond acceptors (Lipinski definition) is 4. The smallest absolute Gasteiger partial charge is 0.220 e. The lowest BCUT2D eigenvalue weighted by molar-refractivity contribution is -0.121. The lowest BCUT2D eigenvalue weighted by Gasteiger charge is -2.14. The van der Waals surface area contributed by atoms with Crippen LogP contribution in [0.1, 0.15) is 24.2 Å². The van der Waals surface area contributed by atoms with Crippen molar-refractivity contribution in [3.05, 3.63) is 17.5 Å². The van der Waals surface area contributed by atoms with Gasteiger partial charge in [0, 0.05) is 38.2 Å². The van der Waals surface area contributed by atoms with E-state index in [2.05, 4.69) is 15.5 Å². The fourth-order valence-corrected chi connectivity index (χ4v) is 3.72. The SMILES string of the molecule is Cc1cc(CCC(=O)NCCN2CCCS2(=O)=O)n[nH]1. The molecule has 0 aliphatic carbocycles. The van der Waals surface area contributed by atoms with E-state index in [1.807, 2.05) is 13.0 Å². The number of H-pyrrole nitrogens is 1. The van der Waals surface area contributed by atoms with Crippen LogP contribution in [0.15, 0.2) is 6.07 Å². The van der Waals surface area contributed by atoms with Gasteiger partial charge in [0.05, 0.1) is 11.4 Å². The van der Waals surface area contributed by atoms with Gasteiger partial charge in [-0.3, -0.25) is 9.89 Å². The number of nitrogens with one attached hydrogen (secondary N) is 2. The van der Waals surface area contributed by atoms with Gasteiger partial charge in [-0.2, -0.15) is 5.10 Å². The Kier molecular flexibility index (Phi) is 4.77. The molecule has 0 atom stereocenters. The van der Waals surface area contributed by atoms with Gasteiger partial charge in [-0.25, -0.2) is 12.7 Å². The number of hydrogen-bond donors (Lipinski definition) is 2. The topological polar surface area (TPSA) is 95.2 Å². The van der Waals surface area contributed by atoms with Crippen LogP contribution in [0.25, 0.3) is 0 Å². The molecular formula is C12H20N4O3S. The maximum Gasteiger partial charge on any atom is 0.220 e. The number of sulfonamides is 1. The number of carbonyl (C=O) groups excluding carboxylic acids is 1. The molecule has 20 heavy (non-hydrogen) atoms. The molecule has 112 valence electrons. The highest BCUT2D eigenvalue weighted by molar-refractivity contribution is 7.89. The van der Waals surface area contributed by atoms with Crippen LogP contribution < -0.4 is 5.32 Å². The summed E-state index contributed by atoms with van der Waals surface area (Å²) in [6, 6.07) is 1.91. The summed E-state index contributed by atoms with van der Waals surface area (Å²) < 4.78 is 24.5. The Morgan fingerprint density at radius 1 is 1.55 bits per heavy atom. The van der Waals surface area contributed by atoms with Gasteiger partial charge in [-0.1, -0.05) is 0 Å². The summed E-state index contributed by atoms with van der Waals surface area (Å²) in [6.45, 7) is 3.19. The Morgan fingerprint density at radius 2 is 2.35 bits per heavy atom. The van der Waals surface area contributed by atoms with Crippen molar-refractivity contribution in [1.29, 1.82) is 0 Å². The van der Waals surface area contributed by atoms with Crippen molar-refractivity contribution in [2.24, 2.45) is 0 Å². The highest BCUT2D eigenvalue weighted by Crippen LogP contribution is 2.11. The monoisotopic (exact) mass is 300 g/mol. The van der Waals surface area contributed by atoms with E-state index in [0.717, 1.165) is 11.4 Å². The first-order valence-electron chi connectivity index (χ1n) is 6.73. The summed E-state index contributed by atoms with van der Waals surface area (Å²) in [4.78, 5) is 11.6. The van der Waals surface area contributed by atoms with E-state index in [9.17, 15) is 13.2 Å². The van der Waals surface area contributed by atoms with Gasteiger partial charge < -0.3 is 5.32 Å². The van der Waals surface area contributed by atoms with E-state index in [1.165, 1.54) is 4.31 Å². The standard InChI is InChI=1S/C12H20N4O3S/c1-10-9-11(15-14-10)3-4-12(17)13-5-7-16-6-2-8-20(16,18)19/h9H,2-8H2,1H3,(H,13,17)(H,14,15). The van der Waals surface area contributed by atoms with Crippen molar-refractivity contribution in [1.82, 2.24) is 19.8 Å². The summed E-state index contributed by atoms with van der Waals surface area (Å²) in [5.74, 6) is 0.140.